The summed E-state index contributed by atoms with van der Waals surface area (Å²) in [7, 11) is 0. The molecule has 1 fully saturated rings. The van der Waals surface area contributed by atoms with Crippen molar-refractivity contribution in [1.82, 2.24) is 14.8 Å². The molecule has 0 spiro atoms. The second-order valence-electron chi connectivity index (χ2n) is 9.06. The third kappa shape index (κ3) is 6.07. The smallest absolute Gasteiger partial charge is 0.235 e. The predicted octanol–water partition coefficient (Wildman–Crippen LogP) is 5.91. The lowest BCUT2D eigenvalue weighted by Gasteiger charge is -2.21. The number of nitrogens with zero attached hydrogens (tertiary/aromatic N) is 4. The highest BCUT2D eigenvalue weighted by Crippen LogP contribution is 2.37. The number of carbonyl (C=O) groups excluding carboxylic acids is 1. The van der Waals surface area contributed by atoms with Crippen LogP contribution in [0, 0.1) is 17.2 Å². The summed E-state index contributed by atoms with van der Waals surface area (Å²) in [4.78, 5) is 14.0. The van der Waals surface area contributed by atoms with Gasteiger partial charge in [0.2, 0.25) is 5.91 Å². The lowest BCUT2D eigenvalue weighted by molar-refractivity contribution is -0.113. The molecule has 1 N–H and O–H groups in total. The Morgan fingerprint density at radius 3 is 2.79 bits per heavy atom. The van der Waals surface area contributed by atoms with Crippen LogP contribution < -0.4 is 5.32 Å². The molecular formula is C25H33N5OS2. The zero-order chi connectivity index (χ0) is 23.0. The summed E-state index contributed by atoms with van der Waals surface area (Å²) in [6.07, 6.45) is 16.1. The summed E-state index contributed by atoms with van der Waals surface area (Å²) in [5, 5.41) is 22.9. The maximum absolute atomic E-state index is 12.7. The van der Waals surface area contributed by atoms with E-state index < -0.39 is 0 Å². The topological polar surface area (TPSA) is 83.6 Å². The van der Waals surface area contributed by atoms with E-state index in [0.29, 0.717) is 17.1 Å². The van der Waals surface area contributed by atoms with E-state index in [1.807, 2.05) is 6.08 Å². The molecule has 0 saturated heterocycles. The van der Waals surface area contributed by atoms with E-state index in [0.717, 1.165) is 61.0 Å². The highest BCUT2D eigenvalue weighted by Gasteiger charge is 2.22. The molecule has 4 rings (SSSR count). The first-order chi connectivity index (χ1) is 16.2. The van der Waals surface area contributed by atoms with Crippen molar-refractivity contribution >= 4 is 34.0 Å². The van der Waals surface area contributed by atoms with Crippen molar-refractivity contribution in [1.29, 1.82) is 5.26 Å². The molecule has 0 aromatic carbocycles. The van der Waals surface area contributed by atoms with Crippen molar-refractivity contribution in [3.05, 3.63) is 34.5 Å². The fourth-order valence-corrected chi connectivity index (χ4v) is 7.00. The molecule has 0 radical (unpaired) electrons. The largest absolute Gasteiger partial charge is 0.316 e. The molecule has 2 aliphatic rings. The number of allylic oxidation sites excluding steroid dienone is 1. The summed E-state index contributed by atoms with van der Waals surface area (Å²) in [5.41, 5.74) is 1.81. The Morgan fingerprint density at radius 1 is 1.21 bits per heavy atom. The molecule has 2 aromatic rings. The van der Waals surface area contributed by atoms with Gasteiger partial charge in [-0.2, -0.15) is 5.26 Å². The molecule has 0 unspecified atom stereocenters. The van der Waals surface area contributed by atoms with E-state index in [1.165, 1.54) is 55.2 Å². The van der Waals surface area contributed by atoms with Gasteiger partial charge in [0.05, 0.1) is 11.3 Å². The van der Waals surface area contributed by atoms with E-state index in [-0.39, 0.29) is 11.7 Å². The SMILES string of the molecule is C=CCn1c(CCC2CCCCC2)nnc1SCC(=O)Nc1sc2c(c1C#N)CCCCC2. The van der Waals surface area contributed by atoms with E-state index in [1.54, 1.807) is 11.3 Å². The quantitative estimate of drug-likeness (QED) is 0.272. The zero-order valence-electron chi connectivity index (χ0n) is 19.3. The number of aryl methyl sites for hydroxylation is 2. The maximum atomic E-state index is 12.7. The van der Waals surface area contributed by atoms with Gasteiger partial charge in [0, 0.05) is 17.8 Å². The van der Waals surface area contributed by atoms with E-state index in [4.69, 9.17) is 0 Å². The fourth-order valence-electron chi connectivity index (χ4n) is 4.97. The van der Waals surface area contributed by atoms with Crippen LogP contribution in [0.4, 0.5) is 5.00 Å². The Kier molecular flexibility index (Phi) is 8.63. The number of amides is 1. The number of fused-ring (bicyclic) bond motifs is 1. The first kappa shape index (κ1) is 24.0. The number of hydrogen-bond acceptors (Lipinski definition) is 6. The fraction of sp³-hybridized carbons (Fsp3) is 0.600. The van der Waals surface area contributed by atoms with Gasteiger partial charge in [0.1, 0.15) is 16.9 Å². The van der Waals surface area contributed by atoms with Crippen molar-refractivity contribution < 1.29 is 4.79 Å². The molecule has 0 aliphatic heterocycles. The van der Waals surface area contributed by atoms with Gasteiger partial charge in [-0.25, -0.2) is 0 Å². The van der Waals surface area contributed by atoms with Crippen molar-refractivity contribution in [3.8, 4) is 6.07 Å². The minimum Gasteiger partial charge on any atom is -0.316 e. The van der Waals surface area contributed by atoms with Crippen molar-refractivity contribution in [2.45, 2.75) is 88.8 Å². The number of aromatic nitrogens is 3. The third-order valence-electron chi connectivity index (χ3n) is 6.72. The number of hydrogen-bond donors (Lipinski definition) is 1. The van der Waals surface area contributed by atoms with Crippen LogP contribution in [-0.2, 0) is 30.6 Å². The Labute approximate surface area is 204 Å². The number of carbonyl (C=O) groups is 1. The minimum atomic E-state index is -0.107. The molecule has 1 amide bonds. The average Bonchev–Trinajstić information content (AvgIpc) is 3.28. The molecule has 2 heterocycles. The summed E-state index contributed by atoms with van der Waals surface area (Å²) in [6.45, 7) is 4.53. The third-order valence-corrected chi connectivity index (χ3v) is 8.90. The van der Waals surface area contributed by atoms with Gasteiger partial charge in [-0.3, -0.25) is 4.79 Å². The van der Waals surface area contributed by atoms with Gasteiger partial charge in [-0.15, -0.1) is 28.1 Å². The Hall–Kier alpha value is -2.11. The molecule has 2 aromatic heterocycles. The zero-order valence-corrected chi connectivity index (χ0v) is 20.9. The minimum absolute atomic E-state index is 0.107. The van der Waals surface area contributed by atoms with Crippen LogP contribution in [0.25, 0.3) is 0 Å². The second kappa shape index (κ2) is 11.8. The summed E-state index contributed by atoms with van der Waals surface area (Å²) >= 11 is 2.97. The van der Waals surface area contributed by atoms with Crippen molar-refractivity contribution in [2.24, 2.45) is 5.92 Å². The average molecular weight is 484 g/mol. The first-order valence-electron chi connectivity index (χ1n) is 12.2. The predicted molar refractivity (Wildman–Crippen MR) is 135 cm³/mol. The molecule has 1 saturated carbocycles. The molecule has 8 heteroatoms. The maximum Gasteiger partial charge on any atom is 0.235 e. The molecule has 33 heavy (non-hydrogen) atoms. The van der Waals surface area contributed by atoms with Crippen LogP contribution >= 0.6 is 23.1 Å². The summed E-state index contributed by atoms with van der Waals surface area (Å²) in [5.74, 6) is 1.91. The van der Waals surface area contributed by atoms with Gasteiger partial charge < -0.3 is 9.88 Å². The molecule has 6 nitrogen and oxygen atoms in total. The van der Waals surface area contributed by atoms with Gasteiger partial charge in [-0.05, 0) is 43.6 Å². The molecule has 2 aliphatic carbocycles. The van der Waals surface area contributed by atoms with Crippen LogP contribution in [0.5, 0.6) is 0 Å². The van der Waals surface area contributed by atoms with Crippen LogP contribution in [0.15, 0.2) is 17.8 Å². The lowest BCUT2D eigenvalue weighted by Crippen LogP contribution is -2.15. The van der Waals surface area contributed by atoms with Crippen LogP contribution in [-0.4, -0.2) is 26.4 Å². The Morgan fingerprint density at radius 2 is 2.00 bits per heavy atom. The van der Waals surface area contributed by atoms with Gasteiger partial charge >= 0.3 is 0 Å². The monoisotopic (exact) mass is 483 g/mol. The standard InChI is InChI=1S/C25H33N5OS2/c1-2-15-30-22(14-13-18-9-5-3-6-10-18)28-29-25(30)32-17-23(31)27-24-20(16-26)19-11-7-4-8-12-21(19)33-24/h2,18H,1,3-15,17H2,(H,27,31). The number of anilines is 1. The van der Waals surface area contributed by atoms with E-state index in [2.05, 4.69) is 32.7 Å². The number of rotatable bonds is 9. The van der Waals surface area contributed by atoms with Crippen LogP contribution in [0.1, 0.15) is 79.6 Å². The van der Waals surface area contributed by atoms with Crippen LogP contribution in [0.2, 0.25) is 0 Å². The first-order valence-corrected chi connectivity index (χ1v) is 14.0. The molecule has 0 atom stereocenters. The van der Waals surface area contributed by atoms with Crippen molar-refractivity contribution in [2.75, 3.05) is 11.1 Å². The molecule has 0 bridgehead atoms. The summed E-state index contributed by atoms with van der Waals surface area (Å²) < 4.78 is 2.09. The number of thiophene rings is 1. The normalized spacial score (nSPS) is 16.6. The van der Waals surface area contributed by atoms with Crippen LogP contribution in [0.3, 0.4) is 0 Å². The van der Waals surface area contributed by atoms with E-state index >= 15 is 0 Å². The van der Waals surface area contributed by atoms with Crippen molar-refractivity contribution in [3.63, 3.8) is 0 Å². The summed E-state index contributed by atoms with van der Waals surface area (Å²) in [6, 6.07) is 2.33. The highest BCUT2D eigenvalue weighted by atomic mass is 32.2. The number of thioether (sulfide) groups is 1. The van der Waals surface area contributed by atoms with Gasteiger partial charge in [0.15, 0.2) is 5.16 Å². The Bertz CT molecular complexity index is 1010. The lowest BCUT2D eigenvalue weighted by atomic mass is 9.86. The number of nitrogens with one attached hydrogen (secondary N) is 1. The Balaban J connectivity index is 1.36. The molecule has 176 valence electrons. The van der Waals surface area contributed by atoms with Gasteiger partial charge in [-0.1, -0.05) is 56.4 Å². The van der Waals surface area contributed by atoms with Gasteiger partial charge in [0.25, 0.3) is 0 Å². The number of nitriles is 1. The molecular weight excluding hydrogens is 450 g/mol. The second-order valence-corrected chi connectivity index (χ2v) is 11.1. The van der Waals surface area contributed by atoms with E-state index in [9.17, 15) is 10.1 Å². The highest BCUT2D eigenvalue weighted by molar-refractivity contribution is 7.99.